The van der Waals surface area contributed by atoms with E-state index in [1.165, 1.54) is 18.2 Å². The predicted molar refractivity (Wildman–Crippen MR) is 83.2 cm³/mol. The summed E-state index contributed by atoms with van der Waals surface area (Å²) in [4.78, 5) is 11.7. The molecule has 3 N–H and O–H groups in total. The van der Waals surface area contributed by atoms with E-state index in [2.05, 4.69) is 0 Å². The van der Waals surface area contributed by atoms with Crippen LogP contribution in [0.5, 0.6) is 17.2 Å². The minimum Gasteiger partial charge on any atom is -0.454 e. The van der Waals surface area contributed by atoms with Crippen molar-refractivity contribution in [3.63, 3.8) is 0 Å². The number of para-hydroxylation sites is 1. The van der Waals surface area contributed by atoms with Crippen molar-refractivity contribution < 1.29 is 26.9 Å². The molecule has 0 spiro atoms. The zero-order chi connectivity index (χ0) is 17.3. The van der Waals surface area contributed by atoms with Gasteiger partial charge in [0.1, 0.15) is 4.90 Å². The first-order valence-electron chi connectivity index (χ1n) is 6.87. The Labute approximate surface area is 138 Å². The second-order valence-corrected chi connectivity index (χ2v) is 6.49. The van der Waals surface area contributed by atoms with Gasteiger partial charge >= 0.3 is 10.1 Å². The molecule has 0 saturated heterocycles. The number of aryl methyl sites for hydroxylation is 1. The lowest BCUT2D eigenvalue weighted by Gasteiger charge is -2.12. The number of hydrogen-bond acceptors (Lipinski definition) is 7. The normalized spacial score (nSPS) is 12.8. The Kier molecular flexibility index (Phi) is 4.04. The van der Waals surface area contributed by atoms with E-state index in [9.17, 15) is 13.2 Å². The molecule has 2 aromatic rings. The minimum atomic E-state index is -4.19. The van der Waals surface area contributed by atoms with E-state index >= 15 is 0 Å². The van der Waals surface area contributed by atoms with Crippen LogP contribution in [0.3, 0.4) is 0 Å². The lowest BCUT2D eigenvalue weighted by Crippen LogP contribution is -2.30. The van der Waals surface area contributed by atoms with Gasteiger partial charge in [0.05, 0.1) is 5.56 Å². The molecule has 1 aliphatic rings. The summed E-state index contributed by atoms with van der Waals surface area (Å²) >= 11 is 0. The summed E-state index contributed by atoms with van der Waals surface area (Å²) in [5.74, 6) is 5.09. The van der Waals surface area contributed by atoms with E-state index < -0.39 is 16.0 Å². The predicted octanol–water partition coefficient (Wildman–Crippen LogP) is 1.09. The van der Waals surface area contributed by atoms with Crippen LogP contribution in [0.25, 0.3) is 0 Å². The molecule has 9 heteroatoms. The maximum absolute atomic E-state index is 12.6. The van der Waals surface area contributed by atoms with Gasteiger partial charge in [-0.3, -0.25) is 10.2 Å². The van der Waals surface area contributed by atoms with Gasteiger partial charge < -0.3 is 13.7 Å². The van der Waals surface area contributed by atoms with Gasteiger partial charge in [0.25, 0.3) is 5.91 Å². The van der Waals surface area contributed by atoms with E-state index in [0.717, 1.165) is 0 Å². The number of nitrogens with two attached hydrogens (primary N) is 1. The van der Waals surface area contributed by atoms with Crippen molar-refractivity contribution in [3.05, 3.63) is 47.5 Å². The Bertz CT molecular complexity index is 910. The topological polar surface area (TPSA) is 117 Å². The van der Waals surface area contributed by atoms with E-state index in [0.29, 0.717) is 17.1 Å². The Morgan fingerprint density at radius 2 is 1.88 bits per heavy atom. The maximum Gasteiger partial charge on any atom is 0.339 e. The number of carbonyl (C=O) groups is 1. The van der Waals surface area contributed by atoms with Crippen molar-refractivity contribution in [3.8, 4) is 17.2 Å². The number of ether oxygens (including phenoxy) is 2. The van der Waals surface area contributed by atoms with Gasteiger partial charge in [-0.15, -0.1) is 0 Å². The van der Waals surface area contributed by atoms with Crippen LogP contribution in [0.4, 0.5) is 0 Å². The fourth-order valence-electron chi connectivity index (χ4n) is 2.26. The fraction of sp³-hybridized carbons (Fsp3) is 0.133. The first-order chi connectivity index (χ1) is 11.4. The first kappa shape index (κ1) is 16.1. The molecule has 0 radical (unpaired) electrons. The molecule has 3 rings (SSSR count). The van der Waals surface area contributed by atoms with E-state index in [-0.39, 0.29) is 23.0 Å². The van der Waals surface area contributed by atoms with Crippen molar-refractivity contribution in [2.45, 2.75) is 11.8 Å². The number of hydrazine groups is 1. The van der Waals surface area contributed by atoms with E-state index in [1.54, 1.807) is 25.1 Å². The van der Waals surface area contributed by atoms with Gasteiger partial charge in [-0.1, -0.05) is 12.1 Å². The molecule has 0 unspecified atom stereocenters. The minimum absolute atomic E-state index is 0.00183. The molecule has 1 heterocycles. The van der Waals surface area contributed by atoms with Crippen LogP contribution < -0.4 is 24.9 Å². The third-order valence-electron chi connectivity index (χ3n) is 3.40. The molecule has 2 aromatic carbocycles. The van der Waals surface area contributed by atoms with Gasteiger partial charge in [0, 0.05) is 6.07 Å². The van der Waals surface area contributed by atoms with Crippen LogP contribution in [-0.4, -0.2) is 21.1 Å². The Balaban J connectivity index is 2.00. The zero-order valence-corrected chi connectivity index (χ0v) is 13.4. The van der Waals surface area contributed by atoms with Gasteiger partial charge in [-0.2, -0.15) is 8.42 Å². The molecule has 0 bridgehead atoms. The van der Waals surface area contributed by atoms with E-state index in [4.69, 9.17) is 19.5 Å². The summed E-state index contributed by atoms with van der Waals surface area (Å²) in [5.41, 5.74) is 2.37. The Morgan fingerprint density at radius 1 is 1.21 bits per heavy atom. The van der Waals surface area contributed by atoms with Crippen LogP contribution in [-0.2, 0) is 10.1 Å². The van der Waals surface area contributed by atoms with Gasteiger partial charge in [-0.05, 0) is 30.7 Å². The highest BCUT2D eigenvalue weighted by molar-refractivity contribution is 7.87. The van der Waals surface area contributed by atoms with Crippen molar-refractivity contribution in [2.24, 2.45) is 5.84 Å². The second kappa shape index (κ2) is 6.02. The molecule has 24 heavy (non-hydrogen) atoms. The molecule has 126 valence electrons. The highest BCUT2D eigenvalue weighted by Gasteiger charge is 2.26. The van der Waals surface area contributed by atoms with E-state index in [1.807, 2.05) is 5.43 Å². The number of fused-ring (bicyclic) bond motifs is 1. The standard InChI is InChI=1S/C15H14N2O6S/c1-9-6-12-13(22-8-21-12)7-14(9)24(19,20)23-11-5-3-2-4-10(11)15(18)17-16/h2-7H,8,16H2,1H3,(H,17,18). The smallest absolute Gasteiger partial charge is 0.339 e. The summed E-state index contributed by atoms with van der Waals surface area (Å²) in [6.07, 6.45) is 0. The number of nitrogen functional groups attached to an aromatic ring is 1. The molecule has 0 fully saturated rings. The first-order valence-corrected chi connectivity index (χ1v) is 8.28. The Hall–Kier alpha value is -2.78. The summed E-state index contributed by atoms with van der Waals surface area (Å²) in [5, 5.41) is 0. The van der Waals surface area contributed by atoms with Crippen LogP contribution in [0.15, 0.2) is 41.3 Å². The lowest BCUT2D eigenvalue weighted by atomic mass is 10.2. The van der Waals surface area contributed by atoms with Gasteiger partial charge in [0.2, 0.25) is 6.79 Å². The number of rotatable bonds is 4. The van der Waals surface area contributed by atoms with Crippen LogP contribution >= 0.6 is 0 Å². The highest BCUT2D eigenvalue weighted by Crippen LogP contribution is 2.37. The third-order valence-corrected chi connectivity index (χ3v) is 4.78. The number of amides is 1. The van der Waals surface area contributed by atoms with Gasteiger partial charge in [-0.25, -0.2) is 5.84 Å². The van der Waals surface area contributed by atoms with Crippen molar-refractivity contribution in [1.82, 2.24) is 5.43 Å². The van der Waals surface area contributed by atoms with Crippen molar-refractivity contribution >= 4 is 16.0 Å². The molecule has 1 aliphatic heterocycles. The largest absolute Gasteiger partial charge is 0.454 e. The molecular formula is C15H14N2O6S. The molecule has 8 nitrogen and oxygen atoms in total. The maximum atomic E-state index is 12.6. The Morgan fingerprint density at radius 3 is 2.58 bits per heavy atom. The van der Waals surface area contributed by atoms with Crippen molar-refractivity contribution in [2.75, 3.05) is 6.79 Å². The molecule has 1 amide bonds. The van der Waals surface area contributed by atoms with Crippen LogP contribution in [0, 0.1) is 6.92 Å². The zero-order valence-electron chi connectivity index (χ0n) is 12.6. The summed E-state index contributed by atoms with van der Waals surface area (Å²) in [6, 6.07) is 8.76. The molecular weight excluding hydrogens is 336 g/mol. The SMILES string of the molecule is Cc1cc2c(cc1S(=O)(=O)Oc1ccccc1C(=O)NN)OCO2. The monoisotopic (exact) mass is 350 g/mol. The average Bonchev–Trinajstić information content (AvgIpc) is 3.00. The molecule has 0 saturated carbocycles. The average molecular weight is 350 g/mol. The summed E-state index contributed by atoms with van der Waals surface area (Å²) < 4.78 is 40.8. The number of benzene rings is 2. The number of carbonyl (C=O) groups excluding carboxylic acids is 1. The van der Waals surface area contributed by atoms with Gasteiger partial charge in [0.15, 0.2) is 17.2 Å². The summed E-state index contributed by atoms with van der Waals surface area (Å²) in [7, 11) is -4.19. The van der Waals surface area contributed by atoms with Crippen LogP contribution in [0.2, 0.25) is 0 Å². The highest BCUT2D eigenvalue weighted by atomic mass is 32.2. The molecule has 0 aromatic heterocycles. The second-order valence-electron chi connectivity index (χ2n) is 4.98. The third kappa shape index (κ3) is 2.86. The lowest BCUT2D eigenvalue weighted by molar-refractivity contribution is 0.0952. The summed E-state index contributed by atoms with van der Waals surface area (Å²) in [6.45, 7) is 1.63. The molecule has 0 aliphatic carbocycles. The molecule has 0 atom stereocenters. The fourth-order valence-corrected chi connectivity index (χ4v) is 3.44. The van der Waals surface area contributed by atoms with Crippen molar-refractivity contribution in [1.29, 1.82) is 0 Å². The quantitative estimate of drug-likeness (QED) is 0.367. The number of hydrogen-bond donors (Lipinski definition) is 2. The number of nitrogens with one attached hydrogen (secondary N) is 1. The van der Waals surface area contributed by atoms with Crippen LogP contribution in [0.1, 0.15) is 15.9 Å².